The number of ether oxygens (including phenoxy) is 1. The van der Waals surface area contributed by atoms with Gasteiger partial charge in [0.2, 0.25) is 13.6 Å². The zero-order valence-corrected chi connectivity index (χ0v) is 18.0. The van der Waals surface area contributed by atoms with Crippen LogP contribution in [0.15, 0.2) is 23.0 Å². The molecule has 2 saturated carbocycles. The fourth-order valence-electron chi connectivity index (χ4n) is 7.11. The van der Waals surface area contributed by atoms with Crippen LogP contribution in [0.4, 0.5) is 0 Å². The smallest absolute Gasteiger partial charge is 0.304 e. The number of nitrogens with zero attached hydrogens (tertiary/aromatic N) is 1. The second kappa shape index (κ2) is 6.57. The van der Waals surface area contributed by atoms with E-state index in [0.29, 0.717) is 35.9 Å². The third-order valence-corrected chi connectivity index (χ3v) is 9.60. The molecule has 4 rings (SSSR count). The molecule has 0 bridgehead atoms. The molecule has 0 aromatic carbocycles. The van der Waals surface area contributed by atoms with Crippen LogP contribution in [0.25, 0.3) is 0 Å². The number of carbonyl (C=O) groups is 1. The fourth-order valence-corrected chi connectivity index (χ4v) is 7.73. The van der Waals surface area contributed by atoms with Gasteiger partial charge in [0.15, 0.2) is 0 Å². The summed E-state index contributed by atoms with van der Waals surface area (Å²) in [7, 11) is -2.61. The van der Waals surface area contributed by atoms with Crippen LogP contribution < -0.4 is 0 Å². The lowest BCUT2D eigenvalue weighted by atomic mass is 9.47. The molecule has 0 saturated heterocycles. The minimum Gasteiger partial charge on any atom is -0.443 e. The molecule has 2 fully saturated rings. The maximum absolute atomic E-state index is 11.8. The van der Waals surface area contributed by atoms with Crippen LogP contribution in [0.3, 0.4) is 0 Å². The van der Waals surface area contributed by atoms with Crippen LogP contribution in [-0.4, -0.2) is 16.5 Å². The van der Waals surface area contributed by atoms with Crippen LogP contribution in [0.5, 0.6) is 0 Å². The summed E-state index contributed by atoms with van der Waals surface area (Å²) < 4.78 is 17.3. The minimum absolute atomic E-state index is 0.0321. The number of rotatable bonds is 2. The molecule has 1 N–H and O–H groups in total. The van der Waals surface area contributed by atoms with E-state index >= 15 is 0 Å². The average molecular weight is 403 g/mol. The maximum atomic E-state index is 11.8. The molecule has 0 aromatic heterocycles. The summed E-state index contributed by atoms with van der Waals surface area (Å²) in [5.74, 6) is 0.977. The molecule has 7 atom stereocenters. The number of hydrogen-bond donors (Lipinski definition) is 1. The molecule has 6 heteroatoms. The van der Waals surface area contributed by atoms with Crippen molar-refractivity contribution in [3.05, 3.63) is 23.0 Å². The molecule has 0 spiro atoms. The van der Waals surface area contributed by atoms with Crippen molar-refractivity contribution in [1.29, 1.82) is 5.26 Å². The summed E-state index contributed by atoms with van der Waals surface area (Å²) in [6, 6.07) is 2.40. The first-order valence-electron chi connectivity index (χ1n) is 10.4. The molecular weight excluding hydrogens is 373 g/mol. The predicted octanol–water partition coefficient (Wildman–Crippen LogP) is 4.74. The zero-order chi connectivity index (χ0) is 20.3. The van der Waals surface area contributed by atoms with Crippen molar-refractivity contribution in [1.82, 2.24) is 0 Å². The summed E-state index contributed by atoms with van der Waals surface area (Å²) in [5.41, 5.74) is -0.0434. The Labute approximate surface area is 167 Å². The van der Waals surface area contributed by atoms with Gasteiger partial charge in [-0.15, -0.1) is 0 Å². The van der Waals surface area contributed by atoms with Gasteiger partial charge in [-0.3, -0.25) is 9.36 Å². The third kappa shape index (κ3) is 2.61. The predicted molar refractivity (Wildman–Crippen MR) is 106 cm³/mol. The number of nitriles is 1. The van der Waals surface area contributed by atoms with E-state index < -0.39 is 13.6 Å². The zero-order valence-electron chi connectivity index (χ0n) is 17.0. The first-order valence-corrected chi connectivity index (χ1v) is 11.8. The van der Waals surface area contributed by atoms with Gasteiger partial charge in [-0.05, 0) is 67.3 Å². The molecule has 0 heterocycles. The summed E-state index contributed by atoms with van der Waals surface area (Å²) in [5, 5.41) is 10.7. The average Bonchev–Trinajstić information content (AvgIpc) is 2.93. The van der Waals surface area contributed by atoms with Gasteiger partial charge in [0, 0.05) is 24.1 Å². The van der Waals surface area contributed by atoms with E-state index in [1.165, 1.54) is 12.5 Å². The van der Waals surface area contributed by atoms with Crippen LogP contribution in [-0.2, 0) is 14.1 Å². The molecule has 152 valence electrons. The second-order valence-electron chi connectivity index (χ2n) is 9.69. The Balaban J connectivity index is 1.69. The summed E-state index contributed by atoms with van der Waals surface area (Å²) in [6.45, 7) is 5.88. The summed E-state index contributed by atoms with van der Waals surface area (Å²) in [6.07, 6.45) is 10.2. The number of allylic oxidation sites excluding steroid dienone is 4. The van der Waals surface area contributed by atoms with Gasteiger partial charge in [-0.25, -0.2) is 0 Å². The first-order chi connectivity index (χ1) is 13.2. The standard InChI is InChI=1S/C22H30NO4P/c1-14(24)27-22(13-23)11-8-19-17-5-4-15-12-16(28(25)26)6-9-20(15,2)18(17)7-10-21(19,22)3/h4,12,17-19,28H,5-11H2,1-3H3,(H,25,26)/t17-,18-,19+,20+,21+,22?/m1/s1. The van der Waals surface area contributed by atoms with Crippen molar-refractivity contribution in [3.8, 4) is 6.07 Å². The summed E-state index contributed by atoms with van der Waals surface area (Å²) in [4.78, 5) is 21.3. The van der Waals surface area contributed by atoms with Crippen LogP contribution in [0.2, 0.25) is 0 Å². The maximum Gasteiger partial charge on any atom is 0.304 e. The van der Waals surface area contributed by atoms with Crippen LogP contribution in [0, 0.1) is 39.9 Å². The normalized spacial score (nSPS) is 45.5. The Morgan fingerprint density at radius 1 is 1.29 bits per heavy atom. The van der Waals surface area contributed by atoms with E-state index in [9.17, 15) is 19.5 Å². The topological polar surface area (TPSA) is 87.4 Å². The van der Waals surface area contributed by atoms with E-state index in [1.54, 1.807) is 0 Å². The van der Waals surface area contributed by atoms with Crippen molar-refractivity contribution in [2.45, 2.75) is 71.3 Å². The monoisotopic (exact) mass is 403 g/mol. The van der Waals surface area contributed by atoms with E-state index in [1.807, 2.05) is 6.08 Å². The fraction of sp³-hybridized carbons (Fsp3) is 0.727. The molecule has 4 aliphatic rings. The quantitative estimate of drug-likeness (QED) is 0.532. The van der Waals surface area contributed by atoms with Gasteiger partial charge in [0.25, 0.3) is 0 Å². The number of carbonyl (C=O) groups excluding carboxylic acids is 1. The number of hydrogen-bond acceptors (Lipinski definition) is 4. The van der Waals surface area contributed by atoms with Gasteiger partial charge in [0.05, 0.1) is 0 Å². The van der Waals surface area contributed by atoms with Crippen molar-refractivity contribution in [2.75, 3.05) is 0 Å². The van der Waals surface area contributed by atoms with Crippen molar-refractivity contribution < 1.29 is 19.0 Å². The minimum atomic E-state index is -2.61. The third-order valence-electron chi connectivity index (χ3n) is 8.66. The lowest BCUT2D eigenvalue weighted by molar-refractivity contribution is -0.168. The number of esters is 1. The Bertz CT molecular complexity index is 842. The molecule has 2 unspecified atom stereocenters. The summed E-state index contributed by atoms with van der Waals surface area (Å²) >= 11 is 0. The molecule has 0 radical (unpaired) electrons. The Hall–Kier alpha value is -1.37. The van der Waals surface area contributed by atoms with E-state index in [4.69, 9.17) is 4.74 Å². The van der Waals surface area contributed by atoms with Crippen molar-refractivity contribution in [2.24, 2.45) is 28.6 Å². The highest BCUT2D eigenvalue weighted by atomic mass is 31.1. The molecule has 5 nitrogen and oxygen atoms in total. The molecule has 0 amide bonds. The highest BCUT2D eigenvalue weighted by molar-refractivity contribution is 7.43. The SMILES string of the molecule is CC(=O)OC1(C#N)CC[C@H]2[C@@H]3CC=C4C=C([PH](=O)O)CC[C@]4(C)[C@@H]3CC[C@@]21C. The molecule has 4 aliphatic carbocycles. The Kier molecular flexibility index (Phi) is 4.68. The molecule has 0 aromatic rings. The first kappa shape index (κ1) is 19.9. The van der Waals surface area contributed by atoms with Gasteiger partial charge in [-0.2, -0.15) is 5.26 Å². The van der Waals surface area contributed by atoms with Gasteiger partial charge < -0.3 is 9.63 Å². The van der Waals surface area contributed by atoms with E-state index in [0.717, 1.165) is 32.1 Å². The van der Waals surface area contributed by atoms with Gasteiger partial charge in [-0.1, -0.05) is 26.0 Å². The number of fused-ring (bicyclic) bond motifs is 5. The molecular formula is C22H30NO4P. The van der Waals surface area contributed by atoms with E-state index in [-0.39, 0.29) is 16.8 Å². The molecule has 0 aliphatic heterocycles. The van der Waals surface area contributed by atoms with Crippen molar-refractivity contribution in [3.63, 3.8) is 0 Å². The largest absolute Gasteiger partial charge is 0.443 e. The Morgan fingerprint density at radius 3 is 2.64 bits per heavy atom. The highest BCUT2D eigenvalue weighted by Crippen LogP contribution is 2.67. The van der Waals surface area contributed by atoms with Gasteiger partial charge >= 0.3 is 5.97 Å². The lowest BCUT2D eigenvalue weighted by Gasteiger charge is -2.57. The lowest BCUT2D eigenvalue weighted by Crippen LogP contribution is -2.54. The van der Waals surface area contributed by atoms with Crippen molar-refractivity contribution >= 4 is 14.0 Å². The highest BCUT2D eigenvalue weighted by Gasteiger charge is 2.66. The van der Waals surface area contributed by atoms with Crippen LogP contribution in [0.1, 0.15) is 65.7 Å². The second-order valence-corrected chi connectivity index (χ2v) is 10.9. The van der Waals surface area contributed by atoms with E-state index in [2.05, 4.69) is 26.0 Å². The van der Waals surface area contributed by atoms with Crippen LogP contribution >= 0.6 is 8.03 Å². The molecule has 28 heavy (non-hydrogen) atoms. The Morgan fingerprint density at radius 2 is 2.00 bits per heavy atom. The van der Waals surface area contributed by atoms with Gasteiger partial charge in [0.1, 0.15) is 6.07 Å².